The van der Waals surface area contributed by atoms with E-state index in [1.807, 2.05) is 37.3 Å². The third kappa shape index (κ3) is 6.87. The first-order valence-electron chi connectivity index (χ1n) is 13.0. The van der Waals surface area contributed by atoms with E-state index in [0.717, 1.165) is 48.2 Å². The maximum absolute atomic E-state index is 12.9. The van der Waals surface area contributed by atoms with Gasteiger partial charge in [0.2, 0.25) is 11.6 Å². The molecule has 2 heterocycles. The maximum Gasteiger partial charge on any atom is 0.255 e. The first kappa shape index (κ1) is 26.6. The van der Waals surface area contributed by atoms with E-state index in [0.29, 0.717) is 54.3 Å². The van der Waals surface area contributed by atoms with Crippen LogP contribution in [-0.2, 0) is 4.79 Å². The molecule has 1 saturated carbocycles. The zero-order valence-electron chi connectivity index (χ0n) is 21.5. The third-order valence-corrected chi connectivity index (χ3v) is 6.58. The van der Waals surface area contributed by atoms with Gasteiger partial charge in [0.1, 0.15) is 11.6 Å². The highest BCUT2D eigenvalue weighted by Crippen LogP contribution is 2.45. The zero-order chi connectivity index (χ0) is 26.4. The number of aliphatic hydroxyl groups is 2. The molecule has 0 saturated heterocycles. The molecule has 2 aromatic heterocycles. The number of furan rings is 1. The SMILES string of the molecule is CNC(=O)c1c(-c2ccc(C)cc2)oc2nc(NCCCCC(=O)NCCCC(O)O)c(C3CC3)cc12. The Kier molecular flexibility index (Phi) is 8.78. The van der Waals surface area contributed by atoms with Crippen LogP contribution in [0.4, 0.5) is 5.82 Å². The van der Waals surface area contributed by atoms with Gasteiger partial charge in [-0.2, -0.15) is 4.98 Å². The number of hydrogen-bond acceptors (Lipinski definition) is 7. The highest BCUT2D eigenvalue weighted by molar-refractivity contribution is 6.10. The lowest BCUT2D eigenvalue weighted by Gasteiger charge is -2.11. The smallest absolute Gasteiger partial charge is 0.255 e. The summed E-state index contributed by atoms with van der Waals surface area (Å²) in [5, 5.41) is 27.4. The summed E-state index contributed by atoms with van der Waals surface area (Å²) >= 11 is 0. The Morgan fingerprint density at radius 2 is 1.86 bits per heavy atom. The molecular weight excluding hydrogens is 472 g/mol. The van der Waals surface area contributed by atoms with Crippen LogP contribution in [0.2, 0.25) is 0 Å². The number of aryl methyl sites for hydroxylation is 1. The molecule has 0 bridgehead atoms. The van der Waals surface area contributed by atoms with Gasteiger partial charge in [-0.1, -0.05) is 29.8 Å². The Morgan fingerprint density at radius 1 is 1.11 bits per heavy atom. The number of rotatable bonds is 13. The lowest BCUT2D eigenvalue weighted by Crippen LogP contribution is -2.25. The van der Waals surface area contributed by atoms with Crippen molar-refractivity contribution in [3.8, 4) is 11.3 Å². The Hall–Kier alpha value is -3.43. The van der Waals surface area contributed by atoms with Gasteiger partial charge in [-0.25, -0.2) is 0 Å². The van der Waals surface area contributed by atoms with Gasteiger partial charge in [0.25, 0.3) is 5.91 Å². The number of hydrogen-bond donors (Lipinski definition) is 5. The molecule has 0 aliphatic heterocycles. The largest absolute Gasteiger partial charge is 0.437 e. The lowest BCUT2D eigenvalue weighted by molar-refractivity contribution is -0.121. The Morgan fingerprint density at radius 3 is 2.54 bits per heavy atom. The van der Waals surface area contributed by atoms with Crippen molar-refractivity contribution in [3.63, 3.8) is 0 Å². The van der Waals surface area contributed by atoms with Crippen molar-refractivity contribution < 1.29 is 24.2 Å². The van der Waals surface area contributed by atoms with Crippen molar-refractivity contribution in [2.24, 2.45) is 0 Å². The number of amides is 2. The standard InChI is InChI=1S/C28H36N4O5/c1-17-8-10-19(11-9-17)25-24(27(36)29-2)21-16-20(18-12-13-18)26(32-28(21)37-25)31-14-4-3-6-22(33)30-15-5-7-23(34)35/h8-11,16,18,23,34-35H,3-7,12-15H2,1-2H3,(H,29,36)(H,30,33)(H,31,32). The molecule has 37 heavy (non-hydrogen) atoms. The van der Waals surface area contributed by atoms with Gasteiger partial charge < -0.3 is 30.6 Å². The normalized spacial score (nSPS) is 13.2. The number of anilines is 1. The molecule has 9 nitrogen and oxygen atoms in total. The minimum Gasteiger partial charge on any atom is -0.437 e. The molecule has 198 valence electrons. The number of nitrogens with zero attached hydrogens (tertiary/aromatic N) is 1. The molecule has 1 aliphatic rings. The summed E-state index contributed by atoms with van der Waals surface area (Å²) in [6.45, 7) is 3.12. The fourth-order valence-electron chi connectivity index (χ4n) is 4.36. The van der Waals surface area contributed by atoms with Crippen molar-refractivity contribution in [1.82, 2.24) is 15.6 Å². The summed E-state index contributed by atoms with van der Waals surface area (Å²) in [7, 11) is 1.62. The number of aliphatic hydroxyl groups excluding tert-OH is 1. The second-order valence-corrected chi connectivity index (χ2v) is 9.66. The second kappa shape index (κ2) is 12.2. The molecule has 5 N–H and O–H groups in total. The average molecular weight is 509 g/mol. The molecule has 4 rings (SSSR count). The van der Waals surface area contributed by atoms with Gasteiger partial charge in [-0.05, 0) is 63.0 Å². The fraction of sp³-hybridized carbons (Fsp3) is 0.464. The second-order valence-electron chi connectivity index (χ2n) is 9.66. The topological polar surface area (TPSA) is 137 Å². The number of benzene rings is 1. The molecule has 2 amide bonds. The van der Waals surface area contributed by atoms with Gasteiger partial charge in [-0.3, -0.25) is 9.59 Å². The number of nitrogens with one attached hydrogen (secondary N) is 3. The van der Waals surface area contributed by atoms with E-state index in [9.17, 15) is 9.59 Å². The quantitative estimate of drug-likeness (QED) is 0.175. The minimum atomic E-state index is -1.33. The molecule has 1 aliphatic carbocycles. The van der Waals surface area contributed by atoms with E-state index in [1.54, 1.807) is 7.05 Å². The number of pyridine rings is 1. The van der Waals surface area contributed by atoms with E-state index >= 15 is 0 Å². The zero-order valence-corrected chi connectivity index (χ0v) is 21.5. The highest BCUT2D eigenvalue weighted by Gasteiger charge is 2.30. The lowest BCUT2D eigenvalue weighted by atomic mass is 10.0. The van der Waals surface area contributed by atoms with E-state index < -0.39 is 6.29 Å². The van der Waals surface area contributed by atoms with Crippen LogP contribution in [0.3, 0.4) is 0 Å². The number of aromatic nitrogens is 1. The van der Waals surface area contributed by atoms with Crippen LogP contribution < -0.4 is 16.0 Å². The molecule has 0 radical (unpaired) electrons. The summed E-state index contributed by atoms with van der Waals surface area (Å²) in [6.07, 6.45) is 3.56. The minimum absolute atomic E-state index is 0.0356. The predicted molar refractivity (Wildman–Crippen MR) is 142 cm³/mol. The van der Waals surface area contributed by atoms with Gasteiger partial charge in [0, 0.05) is 32.1 Å². The van der Waals surface area contributed by atoms with Crippen molar-refractivity contribution in [1.29, 1.82) is 0 Å². The molecule has 0 unspecified atom stereocenters. The third-order valence-electron chi connectivity index (χ3n) is 6.58. The molecule has 1 fully saturated rings. The number of carbonyl (C=O) groups excluding carboxylic acids is 2. The highest BCUT2D eigenvalue weighted by atomic mass is 16.5. The summed E-state index contributed by atoms with van der Waals surface area (Å²) in [4.78, 5) is 29.6. The molecule has 0 spiro atoms. The molecule has 1 aromatic carbocycles. The number of fused-ring (bicyclic) bond motifs is 1. The summed E-state index contributed by atoms with van der Waals surface area (Å²) in [5.41, 5.74) is 3.98. The van der Waals surface area contributed by atoms with Crippen LogP contribution in [0.1, 0.15) is 72.3 Å². The van der Waals surface area contributed by atoms with Gasteiger partial charge in [0.15, 0.2) is 6.29 Å². The first-order valence-corrected chi connectivity index (χ1v) is 13.0. The van der Waals surface area contributed by atoms with Crippen LogP contribution in [0.15, 0.2) is 34.7 Å². The van der Waals surface area contributed by atoms with Crippen LogP contribution in [0.5, 0.6) is 0 Å². The van der Waals surface area contributed by atoms with E-state index in [4.69, 9.17) is 19.6 Å². The predicted octanol–water partition coefficient (Wildman–Crippen LogP) is 3.83. The fourth-order valence-corrected chi connectivity index (χ4v) is 4.36. The maximum atomic E-state index is 12.9. The Bertz CT molecular complexity index is 1230. The van der Waals surface area contributed by atoms with Crippen LogP contribution in [-0.4, -0.2) is 53.4 Å². The molecule has 9 heteroatoms. The van der Waals surface area contributed by atoms with E-state index in [1.165, 1.54) is 0 Å². The Labute approximate surface area is 216 Å². The summed E-state index contributed by atoms with van der Waals surface area (Å²) in [6, 6.07) is 9.93. The van der Waals surface area contributed by atoms with Crippen LogP contribution in [0.25, 0.3) is 22.4 Å². The number of carbonyl (C=O) groups is 2. The van der Waals surface area contributed by atoms with E-state index in [2.05, 4.69) is 16.0 Å². The van der Waals surface area contributed by atoms with Gasteiger partial charge in [-0.15, -0.1) is 0 Å². The van der Waals surface area contributed by atoms with Crippen molar-refractivity contribution in [2.45, 2.75) is 64.1 Å². The summed E-state index contributed by atoms with van der Waals surface area (Å²) in [5.74, 6) is 1.46. The molecular formula is C28H36N4O5. The first-order chi connectivity index (χ1) is 17.9. The van der Waals surface area contributed by atoms with Crippen LogP contribution in [0, 0.1) is 6.92 Å². The van der Waals surface area contributed by atoms with Gasteiger partial charge in [0.05, 0.1) is 10.9 Å². The molecule has 0 atom stereocenters. The monoisotopic (exact) mass is 508 g/mol. The Balaban J connectivity index is 1.45. The average Bonchev–Trinajstić information content (AvgIpc) is 3.66. The van der Waals surface area contributed by atoms with Crippen LogP contribution >= 0.6 is 0 Å². The summed E-state index contributed by atoms with van der Waals surface area (Å²) < 4.78 is 6.17. The van der Waals surface area contributed by atoms with Gasteiger partial charge >= 0.3 is 0 Å². The van der Waals surface area contributed by atoms with Crippen molar-refractivity contribution in [3.05, 3.63) is 47.0 Å². The molecule has 3 aromatic rings. The number of unbranched alkanes of at least 4 members (excludes halogenated alkanes) is 1. The van der Waals surface area contributed by atoms with Crippen molar-refractivity contribution >= 4 is 28.7 Å². The van der Waals surface area contributed by atoms with Crippen molar-refractivity contribution in [2.75, 3.05) is 25.5 Å². The van der Waals surface area contributed by atoms with E-state index in [-0.39, 0.29) is 18.2 Å².